The molecule has 1 aliphatic heterocycles. The lowest BCUT2D eigenvalue weighted by Gasteiger charge is -2.09. The predicted octanol–water partition coefficient (Wildman–Crippen LogP) is 4.06. The number of carbonyl (C=O) groups is 1. The Balaban J connectivity index is 2.02. The average Bonchev–Trinajstić information content (AvgIpc) is 2.98. The lowest BCUT2D eigenvalue weighted by molar-refractivity contribution is -0.121. The molecule has 0 unspecified atom stereocenters. The molecule has 0 atom stereocenters. The smallest absolute Gasteiger partial charge is 0.266 e. The first kappa shape index (κ1) is 16.2. The van der Waals surface area contributed by atoms with Gasteiger partial charge in [-0.25, -0.2) is 4.68 Å². The summed E-state index contributed by atoms with van der Waals surface area (Å²) in [4.78, 5) is 14.5. The lowest BCUT2D eigenvalue weighted by Crippen LogP contribution is -2.27. The molecular formula is C16H14ClN3OS2. The minimum Gasteiger partial charge on any atom is -0.293 e. The van der Waals surface area contributed by atoms with E-state index in [1.54, 1.807) is 15.7 Å². The number of likely N-dealkylation sites (N-methyl/N-ethyl adjacent to an activating group) is 1. The van der Waals surface area contributed by atoms with Crippen molar-refractivity contribution in [3.8, 4) is 5.69 Å². The molecular weight excluding hydrogens is 350 g/mol. The molecule has 0 saturated carbocycles. The fourth-order valence-electron chi connectivity index (χ4n) is 2.32. The number of hydrogen-bond donors (Lipinski definition) is 0. The number of halogens is 1. The quantitative estimate of drug-likeness (QED) is 0.609. The van der Waals surface area contributed by atoms with Crippen molar-refractivity contribution >= 4 is 51.9 Å². The Hall–Kier alpha value is -1.63. The largest absolute Gasteiger partial charge is 0.293 e. The number of aromatic nitrogens is 2. The van der Waals surface area contributed by atoms with Crippen LogP contribution in [0.5, 0.6) is 0 Å². The van der Waals surface area contributed by atoms with Crippen LogP contribution in [0.25, 0.3) is 11.8 Å². The second-order valence-electron chi connectivity index (χ2n) is 4.96. The van der Waals surface area contributed by atoms with Gasteiger partial charge in [0.05, 0.1) is 16.3 Å². The Morgan fingerprint density at radius 2 is 2.04 bits per heavy atom. The topological polar surface area (TPSA) is 38.1 Å². The van der Waals surface area contributed by atoms with Crippen LogP contribution in [0.3, 0.4) is 0 Å². The van der Waals surface area contributed by atoms with E-state index in [1.165, 1.54) is 11.8 Å². The van der Waals surface area contributed by atoms with Gasteiger partial charge in [0.2, 0.25) is 0 Å². The third kappa shape index (κ3) is 2.94. The zero-order valence-corrected chi connectivity index (χ0v) is 15.0. The number of amides is 1. The van der Waals surface area contributed by atoms with Crippen molar-refractivity contribution in [2.75, 3.05) is 6.54 Å². The fraction of sp³-hybridized carbons (Fsp3) is 0.188. The van der Waals surface area contributed by atoms with Gasteiger partial charge in [0.15, 0.2) is 0 Å². The monoisotopic (exact) mass is 363 g/mol. The minimum absolute atomic E-state index is 0.0783. The Bertz CT molecular complexity index is 814. The van der Waals surface area contributed by atoms with Crippen molar-refractivity contribution in [1.82, 2.24) is 14.7 Å². The predicted molar refractivity (Wildman–Crippen MR) is 98.9 cm³/mol. The minimum atomic E-state index is -0.0783. The van der Waals surface area contributed by atoms with Gasteiger partial charge in [-0.2, -0.15) is 5.10 Å². The van der Waals surface area contributed by atoms with Crippen molar-refractivity contribution in [1.29, 1.82) is 0 Å². The second-order valence-corrected chi connectivity index (χ2v) is 7.00. The first-order valence-electron chi connectivity index (χ1n) is 7.08. The van der Waals surface area contributed by atoms with Crippen LogP contribution in [-0.2, 0) is 4.79 Å². The van der Waals surface area contributed by atoms with Gasteiger partial charge >= 0.3 is 0 Å². The van der Waals surface area contributed by atoms with E-state index in [0.717, 1.165) is 16.9 Å². The second kappa shape index (κ2) is 6.47. The molecule has 2 aromatic rings. The highest BCUT2D eigenvalue weighted by molar-refractivity contribution is 8.26. The van der Waals surface area contributed by atoms with Crippen LogP contribution < -0.4 is 0 Å². The molecule has 0 aliphatic carbocycles. The summed E-state index contributed by atoms with van der Waals surface area (Å²) in [5.74, 6) is -0.0783. The summed E-state index contributed by atoms with van der Waals surface area (Å²) in [6.07, 6.45) is 1.78. The zero-order valence-electron chi connectivity index (χ0n) is 12.6. The van der Waals surface area contributed by atoms with Gasteiger partial charge < -0.3 is 0 Å². The molecule has 118 valence electrons. The van der Waals surface area contributed by atoms with Gasteiger partial charge in [0.1, 0.15) is 9.47 Å². The highest BCUT2D eigenvalue weighted by Crippen LogP contribution is 2.34. The molecule has 1 fully saturated rings. The average molecular weight is 364 g/mol. The van der Waals surface area contributed by atoms with Gasteiger partial charge in [-0.1, -0.05) is 53.8 Å². The van der Waals surface area contributed by atoms with E-state index in [4.69, 9.17) is 23.8 Å². The van der Waals surface area contributed by atoms with E-state index in [2.05, 4.69) is 5.10 Å². The van der Waals surface area contributed by atoms with Crippen LogP contribution in [0.1, 0.15) is 18.2 Å². The first-order valence-corrected chi connectivity index (χ1v) is 8.69. The van der Waals surface area contributed by atoms with E-state index < -0.39 is 0 Å². The molecule has 1 aromatic heterocycles. The van der Waals surface area contributed by atoms with Crippen LogP contribution in [-0.4, -0.2) is 31.5 Å². The summed E-state index contributed by atoms with van der Waals surface area (Å²) in [5.41, 5.74) is 2.38. The van der Waals surface area contributed by atoms with Crippen molar-refractivity contribution in [2.24, 2.45) is 0 Å². The fourth-order valence-corrected chi connectivity index (χ4v) is 4.01. The highest BCUT2D eigenvalue weighted by Gasteiger charge is 2.31. The number of rotatable bonds is 3. The maximum Gasteiger partial charge on any atom is 0.266 e. The van der Waals surface area contributed by atoms with Gasteiger partial charge in [-0.05, 0) is 32.1 Å². The van der Waals surface area contributed by atoms with Crippen LogP contribution >= 0.6 is 35.6 Å². The van der Waals surface area contributed by atoms with E-state index in [-0.39, 0.29) is 5.91 Å². The third-order valence-corrected chi connectivity index (χ3v) is 5.26. The highest BCUT2D eigenvalue weighted by atomic mass is 35.5. The number of aryl methyl sites for hydroxylation is 1. The number of thiocarbonyl (C=S) groups is 1. The van der Waals surface area contributed by atoms with Crippen molar-refractivity contribution in [3.63, 3.8) is 0 Å². The Morgan fingerprint density at radius 1 is 1.35 bits per heavy atom. The van der Waals surface area contributed by atoms with Crippen molar-refractivity contribution in [3.05, 3.63) is 51.6 Å². The number of para-hydroxylation sites is 1. The summed E-state index contributed by atoms with van der Waals surface area (Å²) in [6, 6.07) is 9.64. The first-order chi connectivity index (χ1) is 11.0. The Morgan fingerprint density at radius 3 is 2.65 bits per heavy atom. The molecule has 1 saturated heterocycles. The molecule has 0 spiro atoms. The zero-order chi connectivity index (χ0) is 16.6. The van der Waals surface area contributed by atoms with E-state index in [0.29, 0.717) is 20.9 Å². The van der Waals surface area contributed by atoms with Crippen molar-refractivity contribution in [2.45, 2.75) is 13.8 Å². The number of benzene rings is 1. The van der Waals surface area contributed by atoms with Crippen LogP contribution in [0.2, 0.25) is 5.15 Å². The molecule has 23 heavy (non-hydrogen) atoms. The van der Waals surface area contributed by atoms with E-state index in [1.807, 2.05) is 44.2 Å². The summed E-state index contributed by atoms with van der Waals surface area (Å²) >= 11 is 13.0. The number of hydrogen-bond acceptors (Lipinski definition) is 4. The van der Waals surface area contributed by atoms with Crippen LogP contribution in [0.4, 0.5) is 0 Å². The summed E-state index contributed by atoms with van der Waals surface area (Å²) in [6.45, 7) is 4.34. The third-order valence-electron chi connectivity index (χ3n) is 3.51. The standard InChI is InChI=1S/C16H14ClN3OS2/c1-3-19-15(21)13(23-16(19)22)9-12-10(2)18-20(14(12)17)11-7-5-4-6-8-11/h4-9H,3H2,1-2H3/b13-9+. The molecule has 0 bridgehead atoms. The molecule has 3 rings (SSSR count). The number of nitrogens with zero attached hydrogens (tertiary/aromatic N) is 3. The van der Waals surface area contributed by atoms with Gasteiger partial charge in [0, 0.05) is 12.1 Å². The van der Waals surface area contributed by atoms with Crippen LogP contribution in [0, 0.1) is 6.92 Å². The maximum atomic E-state index is 12.3. The van der Waals surface area contributed by atoms with E-state index >= 15 is 0 Å². The van der Waals surface area contributed by atoms with E-state index in [9.17, 15) is 4.79 Å². The Kier molecular flexibility index (Phi) is 4.57. The van der Waals surface area contributed by atoms with Gasteiger partial charge in [-0.15, -0.1) is 0 Å². The Labute approximate surface area is 149 Å². The van der Waals surface area contributed by atoms with Gasteiger partial charge in [-0.3, -0.25) is 9.69 Å². The molecule has 7 heteroatoms. The van der Waals surface area contributed by atoms with Gasteiger partial charge in [0.25, 0.3) is 5.91 Å². The molecule has 4 nitrogen and oxygen atoms in total. The van der Waals surface area contributed by atoms with Crippen LogP contribution in [0.15, 0.2) is 35.2 Å². The summed E-state index contributed by atoms with van der Waals surface area (Å²) in [7, 11) is 0. The number of carbonyl (C=O) groups excluding carboxylic acids is 1. The molecule has 0 radical (unpaired) electrons. The molecule has 0 N–H and O–H groups in total. The molecule has 1 amide bonds. The molecule has 2 heterocycles. The molecule has 1 aromatic carbocycles. The normalized spacial score (nSPS) is 16.7. The molecule has 1 aliphatic rings. The SMILES string of the molecule is CCN1C(=O)/C(=C\c2c(C)nn(-c3ccccc3)c2Cl)SC1=S. The number of thioether (sulfide) groups is 1. The lowest BCUT2D eigenvalue weighted by atomic mass is 10.2. The van der Waals surface area contributed by atoms with Crippen molar-refractivity contribution < 1.29 is 4.79 Å². The summed E-state index contributed by atoms with van der Waals surface area (Å²) in [5, 5.41) is 4.96. The maximum absolute atomic E-state index is 12.3. The summed E-state index contributed by atoms with van der Waals surface area (Å²) < 4.78 is 2.25.